The van der Waals surface area contributed by atoms with E-state index >= 15 is 0 Å². The van der Waals surface area contributed by atoms with E-state index in [1.807, 2.05) is 6.92 Å². The molecule has 1 aliphatic rings. The van der Waals surface area contributed by atoms with Crippen LogP contribution in [-0.4, -0.2) is 36.6 Å². The summed E-state index contributed by atoms with van der Waals surface area (Å²) < 4.78 is 40.1. The zero-order chi connectivity index (χ0) is 21.5. The minimum atomic E-state index is -4.39. The van der Waals surface area contributed by atoms with Gasteiger partial charge in [-0.25, -0.2) is 19.7 Å². The lowest BCUT2D eigenvalue weighted by Crippen LogP contribution is -2.31. The number of benzene rings is 1. The largest absolute Gasteiger partial charge is 0.475 e. The van der Waals surface area contributed by atoms with Crippen molar-refractivity contribution in [1.82, 2.24) is 19.5 Å². The summed E-state index contributed by atoms with van der Waals surface area (Å²) in [6.45, 7) is 2.27. The van der Waals surface area contributed by atoms with E-state index in [0.29, 0.717) is 22.8 Å². The third kappa shape index (κ3) is 3.94. The molecular formula is C20H20F3N5O2. The van der Waals surface area contributed by atoms with Gasteiger partial charge < -0.3 is 15.0 Å². The van der Waals surface area contributed by atoms with Gasteiger partial charge in [0.05, 0.1) is 11.9 Å². The molecule has 30 heavy (non-hydrogen) atoms. The minimum Gasteiger partial charge on any atom is -0.475 e. The molecule has 1 atom stereocenters. The summed E-state index contributed by atoms with van der Waals surface area (Å²) in [6, 6.07) is 4.97. The second-order valence-corrected chi connectivity index (χ2v) is 7.56. The number of nitrogens with one attached hydrogen (secondary N) is 1. The van der Waals surface area contributed by atoms with Crippen LogP contribution in [0.4, 0.5) is 19.0 Å². The number of carboxylic acids is 1. The molecule has 0 amide bonds. The molecule has 2 aromatic heterocycles. The Morgan fingerprint density at radius 2 is 1.97 bits per heavy atom. The molecule has 7 nitrogen and oxygen atoms in total. The molecular weight excluding hydrogens is 399 g/mol. The van der Waals surface area contributed by atoms with Crippen molar-refractivity contribution in [2.24, 2.45) is 5.92 Å². The van der Waals surface area contributed by atoms with Gasteiger partial charge in [0.1, 0.15) is 5.52 Å². The molecule has 0 spiro atoms. The van der Waals surface area contributed by atoms with Crippen molar-refractivity contribution in [3.8, 4) is 0 Å². The number of nitrogens with zero attached hydrogens (tertiary/aromatic N) is 4. The average Bonchev–Trinajstić information content (AvgIpc) is 3.03. The molecule has 1 saturated carbocycles. The molecule has 158 valence electrons. The van der Waals surface area contributed by atoms with E-state index < -0.39 is 17.7 Å². The number of aromatic nitrogens is 4. The number of aromatic carboxylic acids is 1. The Morgan fingerprint density at radius 3 is 2.53 bits per heavy atom. The van der Waals surface area contributed by atoms with Crippen LogP contribution < -0.4 is 5.32 Å². The van der Waals surface area contributed by atoms with Crippen molar-refractivity contribution >= 4 is 23.0 Å². The van der Waals surface area contributed by atoms with Crippen LogP contribution >= 0.6 is 0 Å². The Balaban J connectivity index is 1.68. The van der Waals surface area contributed by atoms with Crippen LogP contribution in [0.2, 0.25) is 0 Å². The number of alkyl halides is 3. The number of fused-ring (bicyclic) bond motifs is 1. The monoisotopic (exact) mass is 419 g/mol. The Hall–Kier alpha value is -3.17. The lowest BCUT2D eigenvalue weighted by Gasteiger charge is -2.32. The van der Waals surface area contributed by atoms with Crippen LogP contribution in [0.15, 0.2) is 30.6 Å². The smallest absolute Gasteiger partial charge is 0.416 e. The van der Waals surface area contributed by atoms with E-state index in [0.717, 1.165) is 25.0 Å². The Morgan fingerprint density at radius 1 is 1.27 bits per heavy atom. The van der Waals surface area contributed by atoms with Crippen molar-refractivity contribution in [2.75, 3.05) is 5.32 Å². The van der Waals surface area contributed by atoms with E-state index in [2.05, 4.69) is 20.3 Å². The molecule has 4 rings (SSSR count). The Labute approximate surface area is 170 Å². The van der Waals surface area contributed by atoms with Crippen molar-refractivity contribution < 1.29 is 23.1 Å². The van der Waals surface area contributed by atoms with E-state index in [1.54, 1.807) is 4.57 Å². The summed E-state index contributed by atoms with van der Waals surface area (Å²) in [4.78, 5) is 23.8. The average molecular weight is 419 g/mol. The highest BCUT2D eigenvalue weighted by molar-refractivity contribution is 5.90. The van der Waals surface area contributed by atoms with Gasteiger partial charge in [-0.3, -0.25) is 0 Å². The number of hydrogen-bond donors (Lipinski definition) is 2. The number of anilines is 1. The van der Waals surface area contributed by atoms with Gasteiger partial charge in [0.2, 0.25) is 5.82 Å². The number of hydrogen-bond acceptors (Lipinski definition) is 5. The molecule has 10 heteroatoms. The van der Waals surface area contributed by atoms with E-state index in [1.165, 1.54) is 24.9 Å². The number of halogens is 3. The van der Waals surface area contributed by atoms with Gasteiger partial charge >= 0.3 is 12.1 Å². The molecule has 1 fully saturated rings. The van der Waals surface area contributed by atoms with Crippen LogP contribution in [0.3, 0.4) is 0 Å². The number of carbonyl (C=O) groups is 1. The number of imidazole rings is 1. The molecule has 3 aromatic rings. The normalized spacial score (nSPS) is 15.7. The molecule has 0 bridgehead atoms. The predicted octanol–water partition coefficient (Wildman–Crippen LogP) is 4.19. The van der Waals surface area contributed by atoms with Gasteiger partial charge in [-0.15, -0.1) is 0 Å². The predicted molar refractivity (Wildman–Crippen MR) is 103 cm³/mol. The van der Waals surface area contributed by atoms with Crippen LogP contribution in [0.5, 0.6) is 0 Å². The topological polar surface area (TPSA) is 92.9 Å². The maximum absolute atomic E-state index is 12.8. The van der Waals surface area contributed by atoms with Gasteiger partial charge in [-0.2, -0.15) is 13.2 Å². The third-order valence-corrected chi connectivity index (χ3v) is 5.52. The van der Waals surface area contributed by atoms with Gasteiger partial charge in [-0.1, -0.05) is 18.6 Å². The first-order valence-corrected chi connectivity index (χ1v) is 9.61. The zero-order valence-corrected chi connectivity index (χ0v) is 16.1. The number of carboxylic acid groups (broad SMARTS) is 1. The second-order valence-electron chi connectivity index (χ2n) is 7.56. The Bertz CT molecular complexity index is 1070. The fraction of sp³-hybridized carbons (Fsp3) is 0.400. The highest BCUT2D eigenvalue weighted by atomic mass is 19.4. The fourth-order valence-corrected chi connectivity index (χ4v) is 3.56. The molecule has 0 aliphatic heterocycles. The maximum Gasteiger partial charge on any atom is 0.416 e. The Kier molecular flexibility index (Phi) is 5.08. The zero-order valence-electron chi connectivity index (χ0n) is 16.1. The SMILES string of the molecule is C[C@@H](Nc1nc(C(=O)O)nc2ncn(Cc3ccc(C(F)(F)F)cc3)c12)C1CCC1. The standard InChI is InChI=1S/C20H20F3N5O2/c1-11(13-3-2-4-13)25-17-15-16(26-18(27-17)19(29)30)24-10-28(15)9-12-5-7-14(8-6-12)20(21,22)23/h5-8,10-11,13H,2-4,9H2,1H3,(H,29,30)(H,25,26,27)/t11-/m1/s1. The van der Waals surface area contributed by atoms with E-state index in [9.17, 15) is 23.1 Å². The van der Waals surface area contributed by atoms with Gasteiger partial charge in [0, 0.05) is 12.6 Å². The summed E-state index contributed by atoms with van der Waals surface area (Å²) in [5, 5.41) is 12.6. The lowest BCUT2D eigenvalue weighted by atomic mass is 9.80. The highest BCUT2D eigenvalue weighted by Crippen LogP contribution is 2.32. The maximum atomic E-state index is 12.8. The number of rotatable bonds is 6. The van der Waals surface area contributed by atoms with Crippen LogP contribution in [0.1, 0.15) is 47.9 Å². The van der Waals surface area contributed by atoms with Crippen molar-refractivity contribution in [1.29, 1.82) is 0 Å². The van der Waals surface area contributed by atoms with Crippen LogP contribution in [0, 0.1) is 5.92 Å². The lowest BCUT2D eigenvalue weighted by molar-refractivity contribution is -0.137. The molecule has 2 N–H and O–H groups in total. The van der Waals surface area contributed by atoms with Crippen LogP contribution in [-0.2, 0) is 12.7 Å². The van der Waals surface area contributed by atoms with E-state index in [4.69, 9.17) is 0 Å². The highest BCUT2D eigenvalue weighted by Gasteiger charge is 2.30. The van der Waals surface area contributed by atoms with Gasteiger partial charge in [-0.05, 0) is 43.4 Å². The quantitative estimate of drug-likeness (QED) is 0.622. The van der Waals surface area contributed by atoms with Crippen molar-refractivity contribution in [3.05, 3.63) is 47.5 Å². The van der Waals surface area contributed by atoms with Gasteiger partial charge in [0.15, 0.2) is 11.5 Å². The van der Waals surface area contributed by atoms with Crippen molar-refractivity contribution in [3.63, 3.8) is 0 Å². The molecule has 1 aromatic carbocycles. The van der Waals surface area contributed by atoms with Crippen LogP contribution in [0.25, 0.3) is 11.2 Å². The second kappa shape index (κ2) is 7.58. The molecule has 1 aliphatic carbocycles. The first kappa shape index (κ1) is 20.1. The summed E-state index contributed by atoms with van der Waals surface area (Å²) >= 11 is 0. The molecule has 0 unspecified atom stereocenters. The summed E-state index contributed by atoms with van der Waals surface area (Å²) in [5.74, 6) is -0.769. The molecule has 2 heterocycles. The van der Waals surface area contributed by atoms with E-state index in [-0.39, 0.29) is 24.1 Å². The van der Waals surface area contributed by atoms with Gasteiger partial charge in [0.25, 0.3) is 0 Å². The fourth-order valence-electron chi connectivity index (χ4n) is 3.56. The molecule has 0 saturated heterocycles. The third-order valence-electron chi connectivity index (χ3n) is 5.52. The summed E-state index contributed by atoms with van der Waals surface area (Å²) in [5.41, 5.74) is 0.666. The first-order chi connectivity index (χ1) is 14.2. The van der Waals surface area contributed by atoms with Crippen molar-refractivity contribution in [2.45, 2.75) is 44.9 Å². The first-order valence-electron chi connectivity index (χ1n) is 9.61. The minimum absolute atomic E-state index is 0.0907. The summed E-state index contributed by atoms with van der Waals surface area (Å²) in [6.07, 6.45) is 0.456. The molecule has 0 radical (unpaired) electrons. The summed E-state index contributed by atoms with van der Waals surface area (Å²) in [7, 11) is 0.